The van der Waals surface area contributed by atoms with E-state index >= 15 is 0 Å². The Balaban J connectivity index is 1.70. The normalized spacial score (nSPS) is 11.9. The monoisotopic (exact) mass is 493 g/mol. The summed E-state index contributed by atoms with van der Waals surface area (Å²) in [5.41, 5.74) is 7.44. The lowest BCUT2D eigenvalue weighted by Gasteiger charge is -2.19. The van der Waals surface area contributed by atoms with Crippen molar-refractivity contribution in [3.05, 3.63) is 76.8 Å². The molecule has 0 unspecified atom stereocenters. The minimum Gasteiger partial charge on any atom is -0.420 e. The van der Waals surface area contributed by atoms with E-state index in [1.165, 1.54) is 6.07 Å². The van der Waals surface area contributed by atoms with E-state index in [0.29, 0.717) is 23.0 Å². The van der Waals surface area contributed by atoms with Crippen LogP contribution in [0.3, 0.4) is 0 Å². The Labute approximate surface area is 206 Å². The van der Waals surface area contributed by atoms with Crippen LogP contribution in [-0.2, 0) is 0 Å². The average molecular weight is 494 g/mol. The Hall–Kier alpha value is -4.02. The van der Waals surface area contributed by atoms with Crippen LogP contribution in [0.4, 0.5) is 17.5 Å². The zero-order chi connectivity index (χ0) is 24.9. The molecule has 1 amide bonds. The van der Waals surface area contributed by atoms with E-state index in [0.717, 1.165) is 5.56 Å². The largest absolute Gasteiger partial charge is 0.420 e. The smallest absolute Gasteiger partial charge is 0.253 e. The van der Waals surface area contributed by atoms with Gasteiger partial charge in [0.05, 0.1) is 28.8 Å². The number of nitrogens with zero attached hydrogens (tertiary/aromatic N) is 4. The molecule has 0 aliphatic heterocycles. The number of hydrogen-bond donors (Lipinski definition) is 4. The minimum absolute atomic E-state index is 0.0529. The van der Waals surface area contributed by atoms with E-state index in [9.17, 15) is 9.90 Å². The predicted octanol–water partition coefficient (Wildman–Crippen LogP) is 4.29. The second kappa shape index (κ2) is 10.5. The molecule has 0 radical (unpaired) electrons. The molecule has 4 aromatic rings. The molecule has 2 aromatic heterocycles. The summed E-state index contributed by atoms with van der Waals surface area (Å²) in [6.45, 7) is 3.72. The molecule has 0 fully saturated rings. The van der Waals surface area contributed by atoms with Crippen LogP contribution in [-0.4, -0.2) is 37.8 Å². The first-order valence-electron chi connectivity index (χ1n) is 10.8. The Morgan fingerprint density at radius 1 is 1.17 bits per heavy atom. The van der Waals surface area contributed by atoms with Gasteiger partial charge in [-0.25, -0.2) is 4.98 Å². The van der Waals surface area contributed by atoms with Gasteiger partial charge in [0.1, 0.15) is 5.82 Å². The quantitative estimate of drug-likeness (QED) is 0.267. The Bertz CT molecular complexity index is 1330. The number of hydrogen-bond acceptors (Lipinski definition) is 9. The van der Waals surface area contributed by atoms with Gasteiger partial charge in [-0.2, -0.15) is 4.98 Å². The van der Waals surface area contributed by atoms with Gasteiger partial charge in [-0.3, -0.25) is 4.79 Å². The summed E-state index contributed by atoms with van der Waals surface area (Å²) in [6.07, 6.45) is 1.55. The third-order valence-corrected chi connectivity index (χ3v) is 5.45. The predicted molar refractivity (Wildman–Crippen MR) is 133 cm³/mol. The zero-order valence-corrected chi connectivity index (χ0v) is 19.8. The van der Waals surface area contributed by atoms with Crippen LogP contribution in [0.2, 0.25) is 5.02 Å². The molecule has 0 aliphatic rings. The highest BCUT2D eigenvalue weighted by Crippen LogP contribution is 2.31. The van der Waals surface area contributed by atoms with Crippen molar-refractivity contribution in [2.45, 2.75) is 25.8 Å². The Kier molecular flexibility index (Phi) is 7.23. The second-order valence-corrected chi connectivity index (χ2v) is 8.44. The number of anilines is 3. The number of aliphatic hydroxyl groups is 1. The van der Waals surface area contributed by atoms with Gasteiger partial charge in [0.2, 0.25) is 17.7 Å². The SMILES string of the molecule is CC(C)c1nnc(-c2cnc(Nc3ccc(C(N)=O)c(Cl)c3)nc2N[C@H](CO)c2ccccc2)o1. The van der Waals surface area contributed by atoms with E-state index in [2.05, 4.69) is 30.8 Å². The van der Waals surface area contributed by atoms with Gasteiger partial charge < -0.3 is 25.9 Å². The van der Waals surface area contributed by atoms with Gasteiger partial charge >= 0.3 is 0 Å². The van der Waals surface area contributed by atoms with Crippen molar-refractivity contribution in [3.8, 4) is 11.5 Å². The number of nitrogens with one attached hydrogen (secondary N) is 2. The molecule has 0 saturated carbocycles. The number of carbonyl (C=O) groups is 1. The van der Waals surface area contributed by atoms with E-state index < -0.39 is 11.9 Å². The van der Waals surface area contributed by atoms with Gasteiger partial charge in [-0.1, -0.05) is 55.8 Å². The fourth-order valence-corrected chi connectivity index (χ4v) is 3.57. The second-order valence-electron chi connectivity index (χ2n) is 8.03. The van der Waals surface area contributed by atoms with E-state index in [1.54, 1.807) is 18.3 Å². The van der Waals surface area contributed by atoms with Crippen molar-refractivity contribution in [2.75, 3.05) is 17.2 Å². The molecule has 35 heavy (non-hydrogen) atoms. The zero-order valence-electron chi connectivity index (χ0n) is 19.1. The summed E-state index contributed by atoms with van der Waals surface area (Å²) in [7, 11) is 0. The van der Waals surface area contributed by atoms with Crippen LogP contribution in [0, 0.1) is 0 Å². The number of carbonyl (C=O) groups excluding carboxylic acids is 1. The lowest BCUT2D eigenvalue weighted by molar-refractivity contribution is 0.100. The lowest BCUT2D eigenvalue weighted by Crippen LogP contribution is -2.17. The fourth-order valence-electron chi connectivity index (χ4n) is 3.29. The highest BCUT2D eigenvalue weighted by atomic mass is 35.5. The van der Waals surface area contributed by atoms with Crippen molar-refractivity contribution in [1.82, 2.24) is 20.2 Å². The molecule has 180 valence electrons. The molecule has 2 heterocycles. The molecule has 10 nitrogen and oxygen atoms in total. The maximum atomic E-state index is 11.4. The molecule has 0 bridgehead atoms. The van der Waals surface area contributed by atoms with Crippen LogP contribution in [0.1, 0.15) is 47.6 Å². The highest BCUT2D eigenvalue weighted by Gasteiger charge is 2.20. The number of benzene rings is 2. The maximum Gasteiger partial charge on any atom is 0.253 e. The Morgan fingerprint density at radius 3 is 2.57 bits per heavy atom. The molecule has 11 heteroatoms. The van der Waals surface area contributed by atoms with Crippen LogP contribution < -0.4 is 16.4 Å². The summed E-state index contributed by atoms with van der Waals surface area (Å²) in [5.74, 6) is 0.791. The first kappa shape index (κ1) is 24.1. The highest BCUT2D eigenvalue weighted by molar-refractivity contribution is 6.34. The molecule has 5 N–H and O–H groups in total. The van der Waals surface area contributed by atoms with Crippen molar-refractivity contribution < 1.29 is 14.3 Å². The third-order valence-electron chi connectivity index (χ3n) is 5.14. The first-order chi connectivity index (χ1) is 16.9. The van der Waals surface area contributed by atoms with Gasteiger partial charge in [-0.15, -0.1) is 10.2 Å². The summed E-state index contributed by atoms with van der Waals surface area (Å²) in [6, 6.07) is 13.7. The Morgan fingerprint density at radius 2 is 1.94 bits per heavy atom. The van der Waals surface area contributed by atoms with Crippen LogP contribution in [0.25, 0.3) is 11.5 Å². The van der Waals surface area contributed by atoms with Crippen molar-refractivity contribution in [3.63, 3.8) is 0 Å². The number of amides is 1. The maximum absolute atomic E-state index is 11.4. The summed E-state index contributed by atoms with van der Waals surface area (Å²) in [5, 5.41) is 24.8. The number of rotatable bonds is 9. The van der Waals surface area contributed by atoms with E-state index in [-0.39, 0.29) is 34.9 Å². The average Bonchev–Trinajstić information content (AvgIpc) is 3.33. The van der Waals surface area contributed by atoms with Crippen molar-refractivity contribution >= 4 is 35.0 Å². The van der Waals surface area contributed by atoms with Crippen LogP contribution >= 0.6 is 11.6 Å². The lowest BCUT2D eigenvalue weighted by atomic mass is 10.1. The third kappa shape index (κ3) is 5.56. The van der Waals surface area contributed by atoms with Gasteiger partial charge in [0, 0.05) is 17.8 Å². The van der Waals surface area contributed by atoms with Crippen molar-refractivity contribution in [1.29, 1.82) is 0 Å². The molecular weight excluding hydrogens is 470 g/mol. The molecule has 0 spiro atoms. The number of aromatic nitrogens is 4. The number of primary amides is 1. The van der Waals surface area contributed by atoms with Crippen LogP contribution in [0.5, 0.6) is 0 Å². The fraction of sp³-hybridized carbons (Fsp3) is 0.208. The molecule has 0 saturated heterocycles. The minimum atomic E-state index is -0.620. The summed E-state index contributed by atoms with van der Waals surface area (Å²) in [4.78, 5) is 20.4. The van der Waals surface area contributed by atoms with Crippen LogP contribution in [0.15, 0.2) is 59.1 Å². The van der Waals surface area contributed by atoms with E-state index in [1.807, 2.05) is 44.2 Å². The topological polar surface area (TPSA) is 152 Å². The first-order valence-corrected chi connectivity index (χ1v) is 11.2. The number of nitrogens with two attached hydrogens (primary N) is 1. The molecule has 2 aromatic carbocycles. The van der Waals surface area contributed by atoms with Gasteiger partial charge in [0.25, 0.3) is 5.89 Å². The molecule has 0 aliphatic carbocycles. The summed E-state index contributed by atoms with van der Waals surface area (Å²) >= 11 is 6.16. The summed E-state index contributed by atoms with van der Waals surface area (Å²) < 4.78 is 5.82. The van der Waals surface area contributed by atoms with Gasteiger partial charge in [-0.05, 0) is 23.8 Å². The molecule has 4 rings (SSSR count). The number of halogens is 1. The van der Waals surface area contributed by atoms with Crippen molar-refractivity contribution in [2.24, 2.45) is 5.73 Å². The number of aliphatic hydroxyl groups excluding tert-OH is 1. The molecule has 1 atom stereocenters. The standard InChI is InChI=1S/C24H24ClN7O3/c1-13(2)22-31-32-23(35-22)17-11-27-24(28-15-8-9-16(20(26)34)18(25)10-15)30-21(17)29-19(12-33)14-6-4-3-5-7-14/h3-11,13,19,33H,12H2,1-2H3,(H2,26,34)(H2,27,28,29,30)/t19-/m1/s1. The van der Waals surface area contributed by atoms with Gasteiger partial charge in [0.15, 0.2) is 0 Å². The van der Waals surface area contributed by atoms with E-state index in [4.69, 9.17) is 21.8 Å². The molecular formula is C24H24ClN7O3.